The number of nitro groups is 1. The molecule has 0 aliphatic rings. The molecule has 7 nitrogen and oxygen atoms in total. The summed E-state index contributed by atoms with van der Waals surface area (Å²) >= 11 is 5.76. The van der Waals surface area contributed by atoms with E-state index in [9.17, 15) is 20.0 Å². The molecular weight excluding hydrogens is 312 g/mol. The molecule has 1 unspecified atom stereocenters. The summed E-state index contributed by atoms with van der Waals surface area (Å²) in [6, 6.07) is 5.38. The topological polar surface area (TPSA) is 106 Å². The van der Waals surface area contributed by atoms with E-state index in [0.29, 0.717) is 5.56 Å². The van der Waals surface area contributed by atoms with Crippen molar-refractivity contribution in [3.05, 3.63) is 63.1 Å². The molecule has 0 bridgehead atoms. The summed E-state index contributed by atoms with van der Waals surface area (Å²) < 4.78 is 4.85. The largest absolute Gasteiger partial charge is 0.472 e. The summed E-state index contributed by atoms with van der Waals surface area (Å²) in [7, 11) is 0. The maximum atomic E-state index is 12.0. The molecule has 2 aromatic rings. The highest BCUT2D eigenvalue weighted by atomic mass is 35.5. The van der Waals surface area contributed by atoms with Crippen LogP contribution in [-0.4, -0.2) is 22.5 Å². The summed E-state index contributed by atoms with van der Waals surface area (Å²) in [6.07, 6.45) is 2.31. The molecule has 0 aliphatic heterocycles. The lowest BCUT2D eigenvalue weighted by Gasteiger charge is -2.09. The third-order valence-corrected chi connectivity index (χ3v) is 3.27. The van der Waals surface area contributed by atoms with Gasteiger partial charge in [0.15, 0.2) is 0 Å². The molecule has 1 aromatic carbocycles. The van der Waals surface area contributed by atoms with Gasteiger partial charge < -0.3 is 14.8 Å². The van der Waals surface area contributed by atoms with Crippen LogP contribution in [0.25, 0.3) is 0 Å². The Morgan fingerprint density at radius 3 is 2.86 bits per heavy atom. The van der Waals surface area contributed by atoms with Gasteiger partial charge in [-0.25, -0.2) is 0 Å². The minimum Gasteiger partial charge on any atom is -0.472 e. The lowest BCUT2D eigenvalue weighted by Crippen LogP contribution is -2.26. The number of carbonyl (C=O) groups excluding carboxylic acids is 1. The Morgan fingerprint density at radius 2 is 2.23 bits per heavy atom. The standard InChI is InChI=1S/C14H13ClN2O5/c15-10-1-2-12(17(20)21)11(7-10)14(19)16-5-3-13(18)9-4-6-22-8-9/h1-2,4,6-8,13,18H,3,5H2,(H,16,19). The zero-order chi connectivity index (χ0) is 16.1. The molecule has 1 atom stereocenters. The molecule has 22 heavy (non-hydrogen) atoms. The van der Waals surface area contributed by atoms with E-state index in [0.717, 1.165) is 0 Å². The zero-order valence-corrected chi connectivity index (χ0v) is 12.1. The van der Waals surface area contributed by atoms with Crippen LogP contribution >= 0.6 is 11.6 Å². The number of hydrogen-bond acceptors (Lipinski definition) is 5. The Kier molecular flexibility index (Phi) is 5.13. The van der Waals surface area contributed by atoms with Crippen LogP contribution in [0.3, 0.4) is 0 Å². The molecule has 1 amide bonds. The number of rotatable bonds is 6. The smallest absolute Gasteiger partial charge is 0.282 e. The summed E-state index contributed by atoms with van der Waals surface area (Å²) in [4.78, 5) is 22.3. The normalized spacial score (nSPS) is 11.9. The molecule has 0 saturated carbocycles. The summed E-state index contributed by atoms with van der Waals surface area (Å²) in [5.41, 5.74) is 0.163. The fourth-order valence-corrected chi connectivity index (χ4v) is 2.07. The average molecular weight is 325 g/mol. The Hall–Kier alpha value is -2.38. The van der Waals surface area contributed by atoms with Gasteiger partial charge in [0, 0.05) is 23.2 Å². The van der Waals surface area contributed by atoms with Crippen LogP contribution in [0, 0.1) is 10.1 Å². The number of hydrogen-bond donors (Lipinski definition) is 2. The lowest BCUT2D eigenvalue weighted by molar-refractivity contribution is -0.385. The van der Waals surface area contributed by atoms with Crippen LogP contribution in [-0.2, 0) is 0 Å². The van der Waals surface area contributed by atoms with Crippen molar-refractivity contribution in [3.8, 4) is 0 Å². The van der Waals surface area contributed by atoms with E-state index in [1.165, 1.54) is 30.7 Å². The van der Waals surface area contributed by atoms with Gasteiger partial charge in [0.05, 0.1) is 23.6 Å². The number of aliphatic hydroxyl groups is 1. The Labute approximate surface area is 130 Å². The average Bonchev–Trinajstić information content (AvgIpc) is 3.00. The molecular formula is C14H13ClN2O5. The van der Waals surface area contributed by atoms with Crippen LogP contribution < -0.4 is 5.32 Å². The number of furan rings is 1. The summed E-state index contributed by atoms with van der Waals surface area (Å²) in [5, 5.41) is 23.5. The van der Waals surface area contributed by atoms with Crippen molar-refractivity contribution in [2.24, 2.45) is 0 Å². The number of benzene rings is 1. The van der Waals surface area contributed by atoms with Crippen molar-refractivity contribution in [2.75, 3.05) is 6.54 Å². The number of carbonyl (C=O) groups is 1. The second-order valence-corrected chi connectivity index (χ2v) is 4.97. The van der Waals surface area contributed by atoms with Crippen molar-refractivity contribution in [1.29, 1.82) is 0 Å². The highest BCUT2D eigenvalue weighted by molar-refractivity contribution is 6.31. The SMILES string of the molecule is O=C(NCCC(O)c1ccoc1)c1cc(Cl)ccc1[N+](=O)[O-]. The molecule has 0 radical (unpaired) electrons. The van der Waals surface area contributed by atoms with Gasteiger partial charge in [-0.05, 0) is 24.6 Å². The maximum Gasteiger partial charge on any atom is 0.282 e. The van der Waals surface area contributed by atoms with Gasteiger partial charge >= 0.3 is 0 Å². The monoisotopic (exact) mass is 324 g/mol. The van der Waals surface area contributed by atoms with E-state index in [-0.39, 0.29) is 29.2 Å². The fraction of sp³-hybridized carbons (Fsp3) is 0.214. The first kappa shape index (κ1) is 16.0. The van der Waals surface area contributed by atoms with E-state index in [4.69, 9.17) is 16.0 Å². The van der Waals surface area contributed by atoms with E-state index in [2.05, 4.69) is 5.32 Å². The second kappa shape index (κ2) is 7.06. The number of aliphatic hydroxyl groups excluding tert-OH is 1. The molecule has 1 aromatic heterocycles. The highest BCUT2D eigenvalue weighted by Gasteiger charge is 2.20. The zero-order valence-electron chi connectivity index (χ0n) is 11.4. The molecule has 2 rings (SSSR count). The fourth-order valence-electron chi connectivity index (χ4n) is 1.90. The molecule has 1 heterocycles. The molecule has 0 saturated heterocycles. The first-order chi connectivity index (χ1) is 10.5. The minimum absolute atomic E-state index is 0.115. The number of halogens is 1. The predicted octanol–water partition coefficient (Wildman–Crippen LogP) is 2.69. The van der Waals surface area contributed by atoms with Gasteiger partial charge in [-0.15, -0.1) is 0 Å². The van der Waals surface area contributed by atoms with Gasteiger partial charge in [-0.1, -0.05) is 11.6 Å². The van der Waals surface area contributed by atoms with Crippen molar-refractivity contribution >= 4 is 23.2 Å². The highest BCUT2D eigenvalue weighted by Crippen LogP contribution is 2.22. The number of nitro benzene ring substituents is 1. The van der Waals surface area contributed by atoms with Crippen LogP contribution in [0.5, 0.6) is 0 Å². The molecule has 0 spiro atoms. The Bertz CT molecular complexity index is 672. The molecule has 8 heteroatoms. The Balaban J connectivity index is 1.98. The summed E-state index contributed by atoms with van der Waals surface area (Å²) in [5.74, 6) is -0.617. The van der Waals surface area contributed by atoms with E-state index < -0.39 is 16.9 Å². The van der Waals surface area contributed by atoms with Gasteiger partial charge in [-0.2, -0.15) is 0 Å². The number of amides is 1. The lowest BCUT2D eigenvalue weighted by atomic mass is 10.1. The minimum atomic E-state index is -0.784. The van der Waals surface area contributed by atoms with Crippen LogP contribution in [0.15, 0.2) is 41.2 Å². The number of nitrogens with one attached hydrogen (secondary N) is 1. The quantitative estimate of drug-likeness (QED) is 0.627. The van der Waals surface area contributed by atoms with Gasteiger partial charge in [0.2, 0.25) is 0 Å². The molecule has 116 valence electrons. The third-order valence-electron chi connectivity index (χ3n) is 3.03. The van der Waals surface area contributed by atoms with Crippen LogP contribution in [0.4, 0.5) is 5.69 Å². The Morgan fingerprint density at radius 1 is 1.45 bits per heavy atom. The third kappa shape index (κ3) is 3.84. The van der Waals surface area contributed by atoms with Crippen LogP contribution in [0.2, 0.25) is 5.02 Å². The van der Waals surface area contributed by atoms with Crippen LogP contribution in [0.1, 0.15) is 28.4 Å². The van der Waals surface area contributed by atoms with Gasteiger partial charge in [-0.3, -0.25) is 14.9 Å². The van der Waals surface area contributed by atoms with E-state index in [1.807, 2.05) is 0 Å². The summed E-state index contributed by atoms with van der Waals surface area (Å²) in [6.45, 7) is 0.148. The molecule has 0 fully saturated rings. The van der Waals surface area contributed by atoms with Gasteiger partial charge in [0.1, 0.15) is 5.56 Å². The molecule has 0 aliphatic carbocycles. The molecule has 2 N–H and O–H groups in total. The first-order valence-corrected chi connectivity index (χ1v) is 6.79. The van der Waals surface area contributed by atoms with Gasteiger partial charge in [0.25, 0.3) is 11.6 Å². The van der Waals surface area contributed by atoms with Crippen molar-refractivity contribution < 1.29 is 19.2 Å². The first-order valence-electron chi connectivity index (χ1n) is 6.41. The van der Waals surface area contributed by atoms with Crippen molar-refractivity contribution in [3.63, 3.8) is 0 Å². The van der Waals surface area contributed by atoms with E-state index >= 15 is 0 Å². The number of nitrogens with zero attached hydrogens (tertiary/aromatic N) is 1. The van der Waals surface area contributed by atoms with E-state index in [1.54, 1.807) is 6.07 Å². The second-order valence-electron chi connectivity index (χ2n) is 4.54. The predicted molar refractivity (Wildman–Crippen MR) is 78.7 cm³/mol. The van der Waals surface area contributed by atoms with Crippen molar-refractivity contribution in [1.82, 2.24) is 5.32 Å². The maximum absolute atomic E-state index is 12.0. The van der Waals surface area contributed by atoms with Crippen molar-refractivity contribution in [2.45, 2.75) is 12.5 Å².